The van der Waals surface area contributed by atoms with Gasteiger partial charge in [0.25, 0.3) is 5.91 Å². The Morgan fingerprint density at radius 2 is 2.38 bits per heavy atom. The molecule has 86 valence electrons. The van der Waals surface area contributed by atoms with E-state index in [4.69, 9.17) is 9.52 Å². The van der Waals surface area contributed by atoms with E-state index < -0.39 is 11.9 Å². The van der Waals surface area contributed by atoms with Gasteiger partial charge in [0.05, 0.1) is 12.1 Å². The fourth-order valence-electron chi connectivity index (χ4n) is 1.84. The predicted octanol–water partition coefficient (Wildman–Crippen LogP) is 0.611. The quantitative estimate of drug-likeness (QED) is 0.795. The van der Waals surface area contributed by atoms with Crippen LogP contribution in [0.15, 0.2) is 17.0 Å². The number of carbonyl (C=O) groups excluding carboxylic acids is 1. The van der Waals surface area contributed by atoms with Crippen LogP contribution in [0.4, 0.5) is 0 Å². The molecule has 0 radical (unpaired) electrons. The number of carboxylic acid groups (broad SMARTS) is 1. The van der Waals surface area contributed by atoms with Crippen LogP contribution in [0, 0.1) is 5.92 Å². The van der Waals surface area contributed by atoms with Gasteiger partial charge in [-0.3, -0.25) is 9.59 Å². The number of rotatable bonds is 2. The Labute approximate surface area is 91.9 Å². The molecule has 0 bridgehead atoms. The van der Waals surface area contributed by atoms with Crippen LogP contribution in [0.5, 0.6) is 0 Å². The van der Waals surface area contributed by atoms with Gasteiger partial charge in [-0.1, -0.05) is 0 Å². The molecule has 2 rings (SSSR count). The van der Waals surface area contributed by atoms with Crippen LogP contribution in [0.3, 0.4) is 0 Å². The number of amides is 1. The summed E-state index contributed by atoms with van der Waals surface area (Å²) >= 11 is 0. The molecule has 1 atom stereocenters. The van der Waals surface area contributed by atoms with Crippen molar-refractivity contribution in [3.05, 3.63) is 18.4 Å². The van der Waals surface area contributed by atoms with Gasteiger partial charge in [0.1, 0.15) is 0 Å². The van der Waals surface area contributed by atoms with Crippen LogP contribution in [0.2, 0.25) is 0 Å². The summed E-state index contributed by atoms with van der Waals surface area (Å²) < 4.78 is 4.89. The van der Waals surface area contributed by atoms with Gasteiger partial charge < -0.3 is 14.4 Å². The molecule has 1 unspecified atom stereocenters. The zero-order chi connectivity index (χ0) is 11.5. The smallest absolute Gasteiger partial charge is 0.308 e. The Morgan fingerprint density at radius 1 is 1.56 bits per heavy atom. The molecule has 1 amide bonds. The molecule has 0 spiro atoms. The van der Waals surface area contributed by atoms with Crippen molar-refractivity contribution in [3.63, 3.8) is 0 Å². The molecule has 0 aliphatic carbocycles. The van der Waals surface area contributed by atoms with Crippen molar-refractivity contribution in [2.75, 3.05) is 13.1 Å². The molecular weight excluding hydrogens is 212 g/mol. The molecule has 0 aromatic carbocycles. The van der Waals surface area contributed by atoms with Crippen molar-refractivity contribution in [2.24, 2.45) is 5.92 Å². The van der Waals surface area contributed by atoms with Gasteiger partial charge in [-0.05, 0) is 12.8 Å². The molecule has 1 N–H and O–H groups in total. The van der Waals surface area contributed by atoms with E-state index in [2.05, 4.69) is 4.98 Å². The Balaban J connectivity index is 2.05. The lowest BCUT2D eigenvalue weighted by Gasteiger charge is -2.29. The predicted molar refractivity (Wildman–Crippen MR) is 52.8 cm³/mol. The molecular formula is C10H12N2O4. The van der Waals surface area contributed by atoms with Crippen molar-refractivity contribution >= 4 is 11.9 Å². The van der Waals surface area contributed by atoms with E-state index in [0.29, 0.717) is 19.4 Å². The van der Waals surface area contributed by atoms with E-state index in [1.807, 2.05) is 0 Å². The van der Waals surface area contributed by atoms with Crippen LogP contribution in [0.1, 0.15) is 23.4 Å². The van der Waals surface area contributed by atoms with Gasteiger partial charge in [0.2, 0.25) is 5.76 Å². The van der Waals surface area contributed by atoms with E-state index in [0.717, 1.165) is 0 Å². The van der Waals surface area contributed by atoms with E-state index in [-0.39, 0.29) is 18.2 Å². The van der Waals surface area contributed by atoms with Gasteiger partial charge in [0.15, 0.2) is 6.39 Å². The monoisotopic (exact) mass is 224 g/mol. The van der Waals surface area contributed by atoms with E-state index >= 15 is 0 Å². The highest BCUT2D eigenvalue weighted by molar-refractivity contribution is 5.91. The number of piperidine rings is 1. The van der Waals surface area contributed by atoms with Crippen LogP contribution in [-0.2, 0) is 4.79 Å². The first-order chi connectivity index (χ1) is 7.68. The molecule has 6 nitrogen and oxygen atoms in total. The SMILES string of the molecule is O=C(O)C1CCCN(C(=O)c2cnco2)C1. The molecule has 1 aliphatic rings. The summed E-state index contributed by atoms with van der Waals surface area (Å²) in [5, 5.41) is 8.89. The lowest BCUT2D eigenvalue weighted by molar-refractivity contribution is -0.143. The molecule has 16 heavy (non-hydrogen) atoms. The summed E-state index contributed by atoms with van der Waals surface area (Å²) in [7, 11) is 0. The Bertz CT molecular complexity index is 388. The van der Waals surface area contributed by atoms with Crippen LogP contribution in [0.25, 0.3) is 0 Å². The highest BCUT2D eigenvalue weighted by Gasteiger charge is 2.29. The lowest BCUT2D eigenvalue weighted by atomic mass is 9.98. The molecule has 1 aromatic heterocycles. The van der Waals surface area contributed by atoms with Crippen molar-refractivity contribution in [3.8, 4) is 0 Å². The summed E-state index contributed by atoms with van der Waals surface area (Å²) in [5.41, 5.74) is 0. The average Bonchev–Trinajstić information content (AvgIpc) is 2.81. The number of nitrogens with zero attached hydrogens (tertiary/aromatic N) is 2. The maximum absolute atomic E-state index is 11.8. The second-order valence-electron chi connectivity index (χ2n) is 3.79. The third-order valence-electron chi connectivity index (χ3n) is 2.70. The van der Waals surface area contributed by atoms with Gasteiger partial charge in [-0.15, -0.1) is 0 Å². The summed E-state index contributed by atoms with van der Waals surface area (Å²) in [5.74, 6) is -1.45. The number of aromatic nitrogens is 1. The number of hydrogen-bond acceptors (Lipinski definition) is 4. The molecule has 0 saturated carbocycles. The Morgan fingerprint density at radius 3 is 3.00 bits per heavy atom. The minimum atomic E-state index is -0.852. The summed E-state index contributed by atoms with van der Waals surface area (Å²) in [4.78, 5) is 27.8. The third-order valence-corrected chi connectivity index (χ3v) is 2.70. The fraction of sp³-hybridized carbons (Fsp3) is 0.500. The number of oxazole rings is 1. The molecule has 1 aliphatic heterocycles. The summed E-state index contributed by atoms with van der Waals surface area (Å²) in [6.07, 6.45) is 3.85. The number of aliphatic carboxylic acids is 1. The first-order valence-electron chi connectivity index (χ1n) is 5.09. The Kier molecular flexibility index (Phi) is 2.89. The molecule has 2 heterocycles. The molecule has 6 heteroatoms. The van der Waals surface area contributed by atoms with Crippen LogP contribution >= 0.6 is 0 Å². The standard InChI is InChI=1S/C10H12N2O4/c13-9(8-4-11-6-16-8)12-3-1-2-7(5-12)10(14)15/h4,6-7H,1-3,5H2,(H,14,15). The second-order valence-corrected chi connectivity index (χ2v) is 3.79. The second kappa shape index (κ2) is 4.34. The van der Waals surface area contributed by atoms with Crippen molar-refractivity contribution in [1.29, 1.82) is 0 Å². The first kappa shape index (κ1) is 10.7. The van der Waals surface area contributed by atoms with Gasteiger partial charge in [-0.2, -0.15) is 0 Å². The normalized spacial score (nSPS) is 20.8. The maximum atomic E-state index is 11.8. The van der Waals surface area contributed by atoms with Crippen molar-refractivity contribution in [1.82, 2.24) is 9.88 Å². The highest BCUT2D eigenvalue weighted by atomic mass is 16.4. The third kappa shape index (κ3) is 2.05. The van der Waals surface area contributed by atoms with Crippen LogP contribution < -0.4 is 0 Å². The van der Waals surface area contributed by atoms with Crippen molar-refractivity contribution in [2.45, 2.75) is 12.8 Å². The van der Waals surface area contributed by atoms with Crippen molar-refractivity contribution < 1.29 is 19.1 Å². The number of carboxylic acids is 1. The molecule has 1 fully saturated rings. The van der Waals surface area contributed by atoms with Crippen LogP contribution in [-0.4, -0.2) is 40.0 Å². The molecule has 1 aromatic rings. The number of likely N-dealkylation sites (tertiary alicyclic amines) is 1. The minimum absolute atomic E-state index is 0.158. The van der Waals surface area contributed by atoms with Gasteiger partial charge in [-0.25, -0.2) is 4.98 Å². The minimum Gasteiger partial charge on any atom is -0.481 e. The zero-order valence-corrected chi connectivity index (χ0v) is 8.63. The average molecular weight is 224 g/mol. The fourth-order valence-corrected chi connectivity index (χ4v) is 1.84. The van der Waals surface area contributed by atoms with E-state index in [1.54, 1.807) is 0 Å². The first-order valence-corrected chi connectivity index (χ1v) is 5.09. The number of carbonyl (C=O) groups is 2. The van der Waals surface area contributed by atoms with E-state index in [9.17, 15) is 9.59 Å². The van der Waals surface area contributed by atoms with Gasteiger partial charge >= 0.3 is 5.97 Å². The van der Waals surface area contributed by atoms with Gasteiger partial charge in [0, 0.05) is 13.1 Å². The summed E-state index contributed by atoms with van der Waals surface area (Å²) in [6, 6.07) is 0. The lowest BCUT2D eigenvalue weighted by Crippen LogP contribution is -2.42. The zero-order valence-electron chi connectivity index (χ0n) is 8.63. The maximum Gasteiger partial charge on any atom is 0.308 e. The molecule has 1 saturated heterocycles. The summed E-state index contributed by atoms with van der Waals surface area (Å²) in [6.45, 7) is 0.818. The number of hydrogen-bond donors (Lipinski definition) is 1. The largest absolute Gasteiger partial charge is 0.481 e. The topological polar surface area (TPSA) is 83.6 Å². The van der Waals surface area contributed by atoms with E-state index in [1.165, 1.54) is 17.5 Å². The Hall–Kier alpha value is -1.85. The highest BCUT2D eigenvalue weighted by Crippen LogP contribution is 2.18.